The van der Waals surface area contributed by atoms with E-state index in [9.17, 15) is 5.11 Å². The predicted octanol–water partition coefficient (Wildman–Crippen LogP) is 2.74. The molecule has 0 spiro atoms. The Morgan fingerprint density at radius 2 is 1.75 bits per heavy atom. The van der Waals surface area contributed by atoms with E-state index in [-0.39, 0.29) is 5.41 Å². The molecule has 1 saturated heterocycles. The lowest BCUT2D eigenvalue weighted by Gasteiger charge is -2.35. The molecule has 0 aromatic heterocycles. The highest BCUT2D eigenvalue weighted by molar-refractivity contribution is 4.89. The van der Waals surface area contributed by atoms with E-state index >= 15 is 0 Å². The monoisotopic (exact) mass is 282 g/mol. The van der Waals surface area contributed by atoms with Crippen molar-refractivity contribution in [3.05, 3.63) is 0 Å². The second-order valence-electron chi connectivity index (χ2n) is 6.97. The molecular weight excluding hydrogens is 248 g/mol. The first kappa shape index (κ1) is 16.3. The van der Waals surface area contributed by atoms with Crippen LogP contribution < -0.4 is 0 Å². The molecule has 0 amide bonds. The molecule has 1 atom stereocenters. The Bertz CT molecular complexity index is 270. The molecule has 0 aromatic rings. The second kappa shape index (κ2) is 7.77. The van der Waals surface area contributed by atoms with E-state index in [1.807, 2.05) is 0 Å². The summed E-state index contributed by atoms with van der Waals surface area (Å²) >= 11 is 0. The van der Waals surface area contributed by atoms with E-state index < -0.39 is 0 Å². The smallest absolute Gasteiger partial charge is 0.0499 e. The Morgan fingerprint density at radius 3 is 2.30 bits per heavy atom. The van der Waals surface area contributed by atoms with Gasteiger partial charge in [0.25, 0.3) is 0 Å². The predicted molar refractivity (Wildman–Crippen MR) is 85.0 cm³/mol. The number of rotatable bonds is 6. The van der Waals surface area contributed by atoms with Crippen molar-refractivity contribution in [1.82, 2.24) is 9.80 Å². The van der Waals surface area contributed by atoms with Gasteiger partial charge >= 0.3 is 0 Å². The molecule has 1 N–H and O–H groups in total. The largest absolute Gasteiger partial charge is 0.396 e. The fourth-order valence-electron chi connectivity index (χ4n) is 4.31. The molecule has 1 saturated carbocycles. The van der Waals surface area contributed by atoms with Gasteiger partial charge in [-0.3, -0.25) is 4.90 Å². The van der Waals surface area contributed by atoms with Crippen LogP contribution in [0.25, 0.3) is 0 Å². The summed E-state index contributed by atoms with van der Waals surface area (Å²) in [6.45, 7) is 10.8. The number of likely N-dealkylation sites (tertiary alicyclic amines) is 1. The van der Waals surface area contributed by atoms with Crippen LogP contribution in [0.3, 0.4) is 0 Å². The van der Waals surface area contributed by atoms with E-state index in [1.54, 1.807) is 0 Å². The number of likely N-dealkylation sites (N-methyl/N-ethyl adjacent to an activating group) is 1. The highest BCUT2D eigenvalue weighted by Crippen LogP contribution is 2.36. The van der Waals surface area contributed by atoms with Gasteiger partial charge in [0, 0.05) is 31.2 Å². The topological polar surface area (TPSA) is 26.7 Å². The summed E-state index contributed by atoms with van der Waals surface area (Å²) in [6.07, 6.45) is 9.13. The highest BCUT2D eigenvalue weighted by Gasteiger charge is 2.35. The number of hydrogen-bond donors (Lipinski definition) is 1. The summed E-state index contributed by atoms with van der Waals surface area (Å²) in [4.78, 5) is 5.23. The van der Waals surface area contributed by atoms with Crippen LogP contribution in [0.15, 0.2) is 0 Å². The van der Waals surface area contributed by atoms with Gasteiger partial charge in [0.2, 0.25) is 0 Å². The molecular formula is C17H34N2O. The van der Waals surface area contributed by atoms with Crippen LogP contribution in [0.2, 0.25) is 0 Å². The van der Waals surface area contributed by atoms with Crippen molar-refractivity contribution in [2.75, 3.05) is 39.3 Å². The van der Waals surface area contributed by atoms with Crippen molar-refractivity contribution in [1.29, 1.82) is 0 Å². The van der Waals surface area contributed by atoms with Gasteiger partial charge in [-0.15, -0.1) is 0 Å². The van der Waals surface area contributed by atoms with E-state index in [1.165, 1.54) is 71.1 Å². The Labute approximate surface area is 125 Å². The second-order valence-corrected chi connectivity index (χ2v) is 6.97. The first-order valence-corrected chi connectivity index (χ1v) is 8.80. The van der Waals surface area contributed by atoms with Crippen LogP contribution in [0.1, 0.15) is 58.8 Å². The minimum absolute atomic E-state index is 0.203. The van der Waals surface area contributed by atoms with Gasteiger partial charge in [-0.1, -0.05) is 39.5 Å². The zero-order valence-corrected chi connectivity index (χ0v) is 13.6. The fraction of sp³-hybridized carbons (Fsp3) is 1.00. The zero-order chi connectivity index (χ0) is 14.4. The molecule has 3 heteroatoms. The maximum atomic E-state index is 9.96. The number of nitrogens with zero attached hydrogens (tertiary/aromatic N) is 2. The SMILES string of the molecule is CCN(CC)C1CCN(CC2(CO)CCCCCC2)C1. The van der Waals surface area contributed by atoms with Crippen molar-refractivity contribution in [2.24, 2.45) is 5.41 Å². The quantitative estimate of drug-likeness (QED) is 0.759. The van der Waals surface area contributed by atoms with Crippen molar-refractivity contribution < 1.29 is 5.11 Å². The first-order valence-electron chi connectivity index (χ1n) is 8.80. The summed E-state index contributed by atoms with van der Waals surface area (Å²) in [7, 11) is 0. The lowest BCUT2D eigenvalue weighted by atomic mass is 9.80. The summed E-state index contributed by atoms with van der Waals surface area (Å²) in [6, 6.07) is 0.742. The average Bonchev–Trinajstić information content (AvgIpc) is 2.78. The van der Waals surface area contributed by atoms with Gasteiger partial charge in [-0.25, -0.2) is 0 Å². The van der Waals surface area contributed by atoms with Crippen molar-refractivity contribution >= 4 is 0 Å². The molecule has 1 heterocycles. The van der Waals surface area contributed by atoms with E-state index in [4.69, 9.17) is 0 Å². The molecule has 3 nitrogen and oxygen atoms in total. The summed E-state index contributed by atoms with van der Waals surface area (Å²) in [5, 5.41) is 9.96. The fourth-order valence-corrected chi connectivity index (χ4v) is 4.31. The molecule has 0 aromatic carbocycles. The molecule has 118 valence electrons. The molecule has 20 heavy (non-hydrogen) atoms. The third-order valence-corrected chi connectivity index (χ3v) is 5.63. The molecule has 0 bridgehead atoms. The first-order chi connectivity index (χ1) is 9.73. The molecule has 2 aliphatic rings. The normalized spacial score (nSPS) is 27.9. The molecule has 1 aliphatic heterocycles. The Kier molecular flexibility index (Phi) is 6.31. The van der Waals surface area contributed by atoms with Crippen molar-refractivity contribution in [3.8, 4) is 0 Å². The average molecular weight is 282 g/mol. The Hall–Kier alpha value is -0.120. The maximum Gasteiger partial charge on any atom is 0.0499 e. The van der Waals surface area contributed by atoms with Gasteiger partial charge in [0.1, 0.15) is 0 Å². The van der Waals surface area contributed by atoms with Crippen LogP contribution in [0.4, 0.5) is 0 Å². The van der Waals surface area contributed by atoms with E-state index in [0.29, 0.717) is 6.61 Å². The van der Waals surface area contributed by atoms with Gasteiger partial charge in [-0.05, 0) is 38.9 Å². The lowest BCUT2D eigenvalue weighted by molar-refractivity contribution is 0.0648. The minimum Gasteiger partial charge on any atom is -0.396 e. The zero-order valence-electron chi connectivity index (χ0n) is 13.6. The number of hydrogen-bond acceptors (Lipinski definition) is 3. The number of aliphatic hydroxyl groups is 1. The van der Waals surface area contributed by atoms with Gasteiger partial charge in [0.05, 0.1) is 0 Å². The van der Waals surface area contributed by atoms with Gasteiger partial charge in [0.15, 0.2) is 0 Å². The molecule has 1 aliphatic carbocycles. The highest BCUT2D eigenvalue weighted by atomic mass is 16.3. The van der Waals surface area contributed by atoms with E-state index in [0.717, 1.165) is 12.6 Å². The molecule has 2 rings (SSSR count). The summed E-state index contributed by atoms with van der Waals surface area (Å²) in [5.74, 6) is 0. The van der Waals surface area contributed by atoms with Crippen LogP contribution in [-0.4, -0.2) is 60.3 Å². The Balaban J connectivity index is 1.89. The van der Waals surface area contributed by atoms with Gasteiger partial charge in [-0.2, -0.15) is 0 Å². The van der Waals surface area contributed by atoms with Crippen LogP contribution >= 0.6 is 0 Å². The van der Waals surface area contributed by atoms with E-state index in [2.05, 4.69) is 23.6 Å². The van der Waals surface area contributed by atoms with Crippen LogP contribution in [0.5, 0.6) is 0 Å². The summed E-state index contributed by atoms with van der Waals surface area (Å²) < 4.78 is 0. The minimum atomic E-state index is 0.203. The van der Waals surface area contributed by atoms with Crippen LogP contribution in [0, 0.1) is 5.41 Å². The van der Waals surface area contributed by atoms with Gasteiger partial charge < -0.3 is 10.0 Å². The van der Waals surface area contributed by atoms with Crippen molar-refractivity contribution in [2.45, 2.75) is 64.8 Å². The van der Waals surface area contributed by atoms with Crippen molar-refractivity contribution in [3.63, 3.8) is 0 Å². The Morgan fingerprint density at radius 1 is 1.10 bits per heavy atom. The third-order valence-electron chi connectivity index (χ3n) is 5.63. The molecule has 0 radical (unpaired) electrons. The lowest BCUT2D eigenvalue weighted by Crippen LogP contribution is -2.42. The summed E-state index contributed by atoms with van der Waals surface area (Å²) in [5.41, 5.74) is 0.203. The standard InChI is InChI=1S/C17H34N2O/c1-3-19(4-2)16-9-12-18(13-16)14-17(15-20)10-7-5-6-8-11-17/h16,20H,3-15H2,1-2H3. The molecule has 2 fully saturated rings. The number of aliphatic hydroxyl groups excluding tert-OH is 1. The molecule has 1 unspecified atom stereocenters. The van der Waals surface area contributed by atoms with Crippen LogP contribution in [-0.2, 0) is 0 Å². The maximum absolute atomic E-state index is 9.96. The third kappa shape index (κ3) is 3.96.